The standard InChI is InChI=1S/C16H9Cl3N2O3/c17-9-2-1-3-11(6-9)21-15(23)13(20-16(21)24)5-8-4-10(18)7-12(19)14(8)22/h1-7,22H,(H,20,24)/b13-5+. The minimum absolute atomic E-state index is 0.0198. The third-order valence-electron chi connectivity index (χ3n) is 3.30. The predicted octanol–water partition coefficient (Wildman–Crippen LogP) is 4.45. The largest absolute Gasteiger partial charge is 0.506 e. The number of halogens is 3. The lowest BCUT2D eigenvalue weighted by Crippen LogP contribution is -2.30. The van der Waals surface area contributed by atoms with Crippen molar-refractivity contribution in [2.45, 2.75) is 0 Å². The first-order valence-corrected chi connectivity index (χ1v) is 7.81. The Morgan fingerprint density at radius 1 is 1.04 bits per heavy atom. The quantitative estimate of drug-likeness (QED) is 0.594. The van der Waals surface area contributed by atoms with E-state index in [0.717, 1.165) is 4.90 Å². The minimum Gasteiger partial charge on any atom is -0.506 e. The molecular formula is C16H9Cl3N2O3. The molecule has 0 unspecified atom stereocenters. The zero-order valence-corrected chi connectivity index (χ0v) is 14.2. The minimum atomic E-state index is -0.624. The van der Waals surface area contributed by atoms with Gasteiger partial charge in [0, 0.05) is 15.6 Å². The van der Waals surface area contributed by atoms with Crippen molar-refractivity contribution in [3.8, 4) is 5.75 Å². The van der Waals surface area contributed by atoms with Crippen LogP contribution >= 0.6 is 34.8 Å². The number of imide groups is 1. The lowest BCUT2D eigenvalue weighted by molar-refractivity contribution is -0.113. The first-order valence-electron chi connectivity index (χ1n) is 6.67. The van der Waals surface area contributed by atoms with Gasteiger partial charge >= 0.3 is 6.03 Å². The fraction of sp³-hybridized carbons (Fsp3) is 0. The highest BCUT2D eigenvalue weighted by molar-refractivity contribution is 6.36. The maximum atomic E-state index is 12.5. The third-order valence-corrected chi connectivity index (χ3v) is 4.04. The van der Waals surface area contributed by atoms with Crippen LogP contribution in [0.4, 0.5) is 10.5 Å². The molecule has 1 fully saturated rings. The highest BCUT2D eigenvalue weighted by atomic mass is 35.5. The summed E-state index contributed by atoms with van der Waals surface area (Å²) in [4.78, 5) is 25.6. The number of carbonyl (C=O) groups excluding carboxylic acids is 2. The van der Waals surface area contributed by atoms with Crippen molar-refractivity contribution in [1.29, 1.82) is 0 Å². The zero-order chi connectivity index (χ0) is 17.4. The lowest BCUT2D eigenvalue weighted by atomic mass is 10.1. The van der Waals surface area contributed by atoms with Gasteiger partial charge in [-0.2, -0.15) is 0 Å². The number of hydrogen-bond acceptors (Lipinski definition) is 3. The van der Waals surface area contributed by atoms with Crippen molar-refractivity contribution < 1.29 is 14.7 Å². The molecule has 0 aliphatic carbocycles. The number of nitrogens with one attached hydrogen (secondary N) is 1. The Kier molecular flexibility index (Phi) is 4.41. The van der Waals surface area contributed by atoms with Gasteiger partial charge in [0.15, 0.2) is 0 Å². The van der Waals surface area contributed by atoms with E-state index < -0.39 is 11.9 Å². The molecular weight excluding hydrogens is 375 g/mol. The number of aromatic hydroxyl groups is 1. The molecule has 0 saturated carbocycles. The van der Waals surface area contributed by atoms with Crippen molar-refractivity contribution in [2.24, 2.45) is 0 Å². The van der Waals surface area contributed by atoms with Crippen LogP contribution in [0.2, 0.25) is 15.1 Å². The fourth-order valence-corrected chi connectivity index (χ4v) is 2.93. The summed E-state index contributed by atoms with van der Waals surface area (Å²) in [6, 6.07) is 8.51. The van der Waals surface area contributed by atoms with E-state index in [4.69, 9.17) is 34.8 Å². The summed E-state index contributed by atoms with van der Waals surface area (Å²) in [5, 5.41) is 13.1. The topological polar surface area (TPSA) is 69.6 Å². The van der Waals surface area contributed by atoms with Gasteiger partial charge in [-0.3, -0.25) is 4.79 Å². The monoisotopic (exact) mass is 382 g/mol. The zero-order valence-electron chi connectivity index (χ0n) is 11.9. The number of anilines is 1. The molecule has 5 nitrogen and oxygen atoms in total. The molecule has 2 aromatic carbocycles. The van der Waals surface area contributed by atoms with Crippen molar-refractivity contribution in [3.05, 3.63) is 62.7 Å². The van der Waals surface area contributed by atoms with Gasteiger partial charge in [-0.15, -0.1) is 0 Å². The summed E-state index contributed by atoms with van der Waals surface area (Å²) in [6.45, 7) is 0. The second kappa shape index (κ2) is 6.36. The summed E-state index contributed by atoms with van der Waals surface area (Å²) in [5.41, 5.74) is 0.527. The Morgan fingerprint density at radius 3 is 2.50 bits per heavy atom. The van der Waals surface area contributed by atoms with Crippen LogP contribution in [0.3, 0.4) is 0 Å². The first kappa shape index (κ1) is 16.6. The smallest absolute Gasteiger partial charge is 0.333 e. The van der Waals surface area contributed by atoms with Gasteiger partial charge < -0.3 is 10.4 Å². The van der Waals surface area contributed by atoms with E-state index in [1.807, 2.05) is 0 Å². The molecule has 0 spiro atoms. The van der Waals surface area contributed by atoms with Gasteiger partial charge in [-0.1, -0.05) is 40.9 Å². The highest BCUT2D eigenvalue weighted by Crippen LogP contribution is 2.33. The second-order valence-electron chi connectivity index (χ2n) is 4.93. The van der Waals surface area contributed by atoms with E-state index in [0.29, 0.717) is 10.7 Å². The second-order valence-corrected chi connectivity index (χ2v) is 6.21. The number of rotatable bonds is 2. The number of hydrogen-bond donors (Lipinski definition) is 2. The van der Waals surface area contributed by atoms with E-state index in [-0.39, 0.29) is 27.1 Å². The Hall–Kier alpha value is -2.21. The molecule has 8 heteroatoms. The summed E-state index contributed by atoms with van der Waals surface area (Å²) in [7, 11) is 0. The molecule has 2 aromatic rings. The van der Waals surface area contributed by atoms with Crippen molar-refractivity contribution >= 4 is 58.5 Å². The van der Waals surface area contributed by atoms with Crippen molar-refractivity contribution in [3.63, 3.8) is 0 Å². The van der Waals surface area contributed by atoms with Gasteiger partial charge in [-0.05, 0) is 36.4 Å². The normalized spacial score (nSPS) is 16.0. The van der Waals surface area contributed by atoms with Crippen LogP contribution in [0.15, 0.2) is 42.1 Å². The van der Waals surface area contributed by atoms with Crippen LogP contribution < -0.4 is 10.2 Å². The van der Waals surface area contributed by atoms with E-state index in [9.17, 15) is 14.7 Å². The van der Waals surface area contributed by atoms with Gasteiger partial charge in [0.05, 0.1) is 10.7 Å². The van der Waals surface area contributed by atoms with E-state index in [2.05, 4.69) is 5.32 Å². The van der Waals surface area contributed by atoms with Crippen LogP contribution in [0.1, 0.15) is 5.56 Å². The molecule has 1 aliphatic rings. The lowest BCUT2D eigenvalue weighted by Gasteiger charge is -2.11. The first-order chi connectivity index (χ1) is 11.4. The molecule has 1 heterocycles. The molecule has 3 rings (SSSR count). The number of amides is 3. The molecule has 1 saturated heterocycles. The molecule has 2 N–H and O–H groups in total. The van der Waals surface area contributed by atoms with Crippen LogP contribution in [-0.4, -0.2) is 17.0 Å². The van der Waals surface area contributed by atoms with Gasteiger partial charge in [0.25, 0.3) is 5.91 Å². The Labute approximate surface area is 152 Å². The Balaban J connectivity index is 2.00. The number of benzene rings is 2. The Bertz CT molecular complexity index is 896. The highest BCUT2D eigenvalue weighted by Gasteiger charge is 2.35. The number of urea groups is 1. The molecule has 24 heavy (non-hydrogen) atoms. The number of phenolic OH excluding ortho intramolecular Hbond substituents is 1. The Morgan fingerprint density at radius 2 is 1.79 bits per heavy atom. The van der Waals surface area contributed by atoms with Crippen LogP contribution in [0, 0.1) is 0 Å². The molecule has 122 valence electrons. The molecule has 1 aliphatic heterocycles. The third kappa shape index (κ3) is 3.06. The number of phenols is 1. The van der Waals surface area contributed by atoms with E-state index in [1.54, 1.807) is 18.2 Å². The summed E-state index contributed by atoms with van der Waals surface area (Å²) in [6.07, 6.45) is 1.30. The summed E-state index contributed by atoms with van der Waals surface area (Å²) < 4.78 is 0. The summed E-state index contributed by atoms with van der Waals surface area (Å²) in [5.74, 6) is -0.824. The van der Waals surface area contributed by atoms with E-state index in [1.165, 1.54) is 24.3 Å². The average Bonchev–Trinajstić information content (AvgIpc) is 2.78. The van der Waals surface area contributed by atoms with E-state index >= 15 is 0 Å². The van der Waals surface area contributed by atoms with Gasteiger partial charge in [0.2, 0.25) is 0 Å². The molecule has 0 bridgehead atoms. The average molecular weight is 384 g/mol. The van der Waals surface area contributed by atoms with Crippen molar-refractivity contribution in [1.82, 2.24) is 5.32 Å². The molecule has 0 atom stereocenters. The fourth-order valence-electron chi connectivity index (χ4n) is 2.24. The van der Waals surface area contributed by atoms with Gasteiger partial charge in [-0.25, -0.2) is 9.69 Å². The summed E-state index contributed by atoms with van der Waals surface area (Å²) >= 11 is 17.6. The van der Waals surface area contributed by atoms with Crippen LogP contribution in [-0.2, 0) is 4.79 Å². The maximum absolute atomic E-state index is 12.5. The molecule has 0 radical (unpaired) electrons. The molecule has 0 aromatic heterocycles. The maximum Gasteiger partial charge on any atom is 0.333 e. The van der Waals surface area contributed by atoms with Crippen LogP contribution in [0.5, 0.6) is 5.75 Å². The predicted molar refractivity (Wildman–Crippen MR) is 93.6 cm³/mol. The number of carbonyl (C=O) groups is 2. The van der Waals surface area contributed by atoms with Gasteiger partial charge in [0.1, 0.15) is 11.4 Å². The molecule has 3 amide bonds. The number of nitrogens with zero attached hydrogens (tertiary/aromatic N) is 1. The SMILES string of the molecule is O=C1N/C(=C/c2cc(Cl)cc(Cl)c2O)C(=O)N1c1cccc(Cl)c1. The van der Waals surface area contributed by atoms with Crippen LogP contribution in [0.25, 0.3) is 6.08 Å². The van der Waals surface area contributed by atoms with Crippen molar-refractivity contribution in [2.75, 3.05) is 4.90 Å².